The molecule has 1 aliphatic heterocycles. The van der Waals surface area contributed by atoms with Crippen LogP contribution in [0.2, 0.25) is 0 Å². The van der Waals surface area contributed by atoms with Gasteiger partial charge in [0.1, 0.15) is 5.82 Å². The Hall–Kier alpha value is -3.16. The average molecular weight is 328 g/mol. The maximum Gasteiger partial charge on any atom is 0.336 e. The van der Waals surface area contributed by atoms with Crippen molar-refractivity contribution in [2.24, 2.45) is 0 Å². The number of fused-ring (bicyclic) bond motifs is 1. The van der Waals surface area contributed by atoms with E-state index >= 15 is 0 Å². The third-order valence-corrected chi connectivity index (χ3v) is 3.79. The Kier molecular flexibility index (Phi) is 4.03. The molecule has 0 radical (unpaired) electrons. The number of nitrogens with one attached hydrogen (secondary N) is 3. The summed E-state index contributed by atoms with van der Waals surface area (Å²) in [6, 6.07) is 3.48. The van der Waals surface area contributed by atoms with E-state index in [0.29, 0.717) is 16.8 Å². The van der Waals surface area contributed by atoms with E-state index in [1.54, 1.807) is 38.4 Å². The smallest absolute Gasteiger partial charge is 0.336 e. The number of hydrogen-bond donors (Lipinski definition) is 3. The first-order valence-electron chi connectivity index (χ1n) is 7.44. The molecule has 0 aliphatic carbocycles. The number of aromatic amines is 2. The van der Waals surface area contributed by atoms with Crippen molar-refractivity contribution < 1.29 is 9.53 Å². The summed E-state index contributed by atoms with van der Waals surface area (Å²) in [7, 11) is 0. The summed E-state index contributed by atoms with van der Waals surface area (Å²) < 4.78 is 5.14. The van der Waals surface area contributed by atoms with Crippen molar-refractivity contribution in [3.05, 3.63) is 67.8 Å². The number of pyridine rings is 1. The van der Waals surface area contributed by atoms with Gasteiger partial charge in [0.25, 0.3) is 5.56 Å². The fraction of sp³-hybridized carbons (Fsp3) is 0.250. The lowest BCUT2D eigenvalue weighted by Crippen LogP contribution is -2.35. The molecule has 1 aliphatic rings. The number of carbonyl (C=O) groups is 1. The Morgan fingerprint density at radius 1 is 1.33 bits per heavy atom. The number of ether oxygens (including phenoxy) is 1. The van der Waals surface area contributed by atoms with Crippen LogP contribution in [0.5, 0.6) is 0 Å². The molecular weight excluding hydrogens is 312 g/mol. The van der Waals surface area contributed by atoms with Crippen LogP contribution < -0.4 is 16.6 Å². The summed E-state index contributed by atoms with van der Waals surface area (Å²) in [4.78, 5) is 45.2. The predicted octanol–water partition coefficient (Wildman–Crippen LogP) is 0.853. The lowest BCUT2D eigenvalue weighted by molar-refractivity contribution is -0.138. The molecule has 3 heterocycles. The van der Waals surface area contributed by atoms with Gasteiger partial charge in [0.15, 0.2) is 0 Å². The zero-order valence-corrected chi connectivity index (χ0v) is 13.2. The summed E-state index contributed by atoms with van der Waals surface area (Å²) in [5.41, 5.74) is 0.537. The third kappa shape index (κ3) is 2.62. The Bertz CT molecular complexity index is 927. The van der Waals surface area contributed by atoms with Gasteiger partial charge >= 0.3 is 11.7 Å². The summed E-state index contributed by atoms with van der Waals surface area (Å²) in [5, 5.41) is 2.91. The van der Waals surface area contributed by atoms with Crippen molar-refractivity contribution >= 4 is 11.8 Å². The molecule has 0 fully saturated rings. The Balaban J connectivity index is 2.28. The van der Waals surface area contributed by atoms with E-state index in [2.05, 4.69) is 20.3 Å². The van der Waals surface area contributed by atoms with Crippen LogP contribution in [0.15, 0.2) is 45.4 Å². The first-order chi connectivity index (χ1) is 11.5. The van der Waals surface area contributed by atoms with Gasteiger partial charge in [-0.3, -0.25) is 19.7 Å². The zero-order valence-electron chi connectivity index (χ0n) is 13.2. The molecule has 0 saturated heterocycles. The van der Waals surface area contributed by atoms with Crippen LogP contribution in [0.4, 0.5) is 5.82 Å². The zero-order chi connectivity index (χ0) is 17.3. The highest BCUT2D eigenvalue weighted by molar-refractivity contribution is 5.94. The maximum absolute atomic E-state index is 12.5. The molecule has 3 N–H and O–H groups in total. The second-order valence-electron chi connectivity index (χ2n) is 5.30. The van der Waals surface area contributed by atoms with Crippen LogP contribution in [0.25, 0.3) is 0 Å². The number of H-pyrrole nitrogens is 2. The predicted molar refractivity (Wildman–Crippen MR) is 86.7 cm³/mol. The molecule has 1 unspecified atom stereocenters. The molecule has 24 heavy (non-hydrogen) atoms. The van der Waals surface area contributed by atoms with Gasteiger partial charge in [-0.15, -0.1) is 0 Å². The minimum atomic E-state index is -0.686. The SMILES string of the molecule is CCOC(=O)C1=C(C)Nc2[nH]c(=O)[nH]c(=O)c2C1c1cccnc1. The number of anilines is 1. The standard InChI is InChI=1S/C16H16N4O4/c1-3-24-15(22)10-8(2)18-13-12(14(21)20-16(23)19-13)11(10)9-5-4-6-17-7-9/h4-7,11H,3H2,1-2H3,(H3,18,19,20,21,23). The third-order valence-electron chi connectivity index (χ3n) is 3.79. The molecule has 2 aromatic heterocycles. The summed E-state index contributed by atoms with van der Waals surface area (Å²) in [6.07, 6.45) is 3.18. The molecule has 2 aromatic rings. The van der Waals surface area contributed by atoms with E-state index in [1.165, 1.54) is 0 Å². The van der Waals surface area contributed by atoms with Crippen molar-refractivity contribution in [1.29, 1.82) is 0 Å². The van der Waals surface area contributed by atoms with Gasteiger partial charge in [-0.1, -0.05) is 6.07 Å². The van der Waals surface area contributed by atoms with Crippen molar-refractivity contribution in [2.45, 2.75) is 19.8 Å². The van der Waals surface area contributed by atoms with Crippen LogP contribution in [-0.4, -0.2) is 27.5 Å². The number of hydrogen-bond acceptors (Lipinski definition) is 6. The van der Waals surface area contributed by atoms with E-state index in [0.717, 1.165) is 0 Å². The quantitative estimate of drug-likeness (QED) is 0.719. The van der Waals surface area contributed by atoms with E-state index in [9.17, 15) is 14.4 Å². The number of carbonyl (C=O) groups excluding carboxylic acids is 1. The fourth-order valence-corrected chi connectivity index (χ4v) is 2.85. The van der Waals surface area contributed by atoms with E-state index in [1.807, 2.05) is 0 Å². The van der Waals surface area contributed by atoms with Crippen LogP contribution in [0.3, 0.4) is 0 Å². The number of aromatic nitrogens is 3. The highest BCUT2D eigenvalue weighted by Crippen LogP contribution is 2.38. The van der Waals surface area contributed by atoms with Gasteiger partial charge in [0.2, 0.25) is 0 Å². The number of esters is 1. The second-order valence-corrected chi connectivity index (χ2v) is 5.30. The Morgan fingerprint density at radius 2 is 2.12 bits per heavy atom. The van der Waals surface area contributed by atoms with Gasteiger partial charge in [-0.25, -0.2) is 9.59 Å². The molecule has 0 bridgehead atoms. The van der Waals surface area contributed by atoms with Crippen molar-refractivity contribution in [1.82, 2.24) is 15.0 Å². The molecule has 0 saturated carbocycles. The van der Waals surface area contributed by atoms with E-state index < -0.39 is 23.1 Å². The number of rotatable bonds is 3. The minimum absolute atomic E-state index is 0.213. The molecule has 3 rings (SSSR count). The molecule has 8 heteroatoms. The molecule has 0 amide bonds. The Morgan fingerprint density at radius 3 is 2.79 bits per heavy atom. The fourth-order valence-electron chi connectivity index (χ4n) is 2.85. The largest absolute Gasteiger partial charge is 0.463 e. The van der Waals surface area contributed by atoms with E-state index in [4.69, 9.17) is 4.74 Å². The summed E-state index contributed by atoms with van der Waals surface area (Å²) in [5.74, 6) is -0.939. The lowest BCUT2D eigenvalue weighted by atomic mass is 9.83. The van der Waals surface area contributed by atoms with Crippen molar-refractivity contribution in [2.75, 3.05) is 11.9 Å². The van der Waals surface area contributed by atoms with Crippen LogP contribution >= 0.6 is 0 Å². The van der Waals surface area contributed by atoms with Gasteiger partial charge in [-0.05, 0) is 25.5 Å². The van der Waals surface area contributed by atoms with Crippen LogP contribution in [-0.2, 0) is 9.53 Å². The number of allylic oxidation sites excluding steroid dienone is 1. The first-order valence-corrected chi connectivity index (χ1v) is 7.44. The van der Waals surface area contributed by atoms with Gasteiger partial charge in [0.05, 0.1) is 23.7 Å². The van der Waals surface area contributed by atoms with Crippen LogP contribution in [0, 0.1) is 0 Å². The normalized spacial score (nSPS) is 16.3. The molecule has 0 spiro atoms. The topological polar surface area (TPSA) is 117 Å². The molecule has 8 nitrogen and oxygen atoms in total. The van der Waals surface area contributed by atoms with Gasteiger partial charge in [0, 0.05) is 18.1 Å². The Labute approximate surface area is 136 Å². The molecular formula is C16H16N4O4. The summed E-state index contributed by atoms with van der Waals surface area (Å²) >= 11 is 0. The monoisotopic (exact) mass is 328 g/mol. The highest BCUT2D eigenvalue weighted by Gasteiger charge is 2.35. The second kappa shape index (κ2) is 6.15. The van der Waals surface area contributed by atoms with Crippen molar-refractivity contribution in [3.63, 3.8) is 0 Å². The molecule has 1 atom stereocenters. The van der Waals surface area contributed by atoms with Gasteiger partial charge < -0.3 is 10.1 Å². The summed E-state index contributed by atoms with van der Waals surface area (Å²) in [6.45, 7) is 3.61. The van der Waals surface area contributed by atoms with Crippen molar-refractivity contribution in [3.8, 4) is 0 Å². The highest BCUT2D eigenvalue weighted by atomic mass is 16.5. The minimum Gasteiger partial charge on any atom is -0.463 e. The number of nitrogens with zero attached hydrogens (tertiary/aromatic N) is 1. The molecule has 0 aromatic carbocycles. The first kappa shape index (κ1) is 15.7. The molecule has 124 valence electrons. The van der Waals surface area contributed by atoms with Gasteiger partial charge in [-0.2, -0.15) is 0 Å². The van der Waals surface area contributed by atoms with Crippen LogP contribution in [0.1, 0.15) is 30.9 Å². The maximum atomic E-state index is 12.5. The average Bonchev–Trinajstić information content (AvgIpc) is 2.54. The van der Waals surface area contributed by atoms with E-state index in [-0.39, 0.29) is 18.0 Å². The lowest BCUT2D eigenvalue weighted by Gasteiger charge is -2.28.